The molecule has 1 saturated carbocycles. The molecular weight excluding hydrogens is 309 g/mol. The van der Waals surface area contributed by atoms with Gasteiger partial charge >= 0.3 is 0 Å². The van der Waals surface area contributed by atoms with Crippen molar-refractivity contribution >= 4 is 21.6 Å². The van der Waals surface area contributed by atoms with E-state index in [0.29, 0.717) is 16.3 Å². The highest BCUT2D eigenvalue weighted by Crippen LogP contribution is 2.48. The normalized spacial score (nSPS) is 29.8. The van der Waals surface area contributed by atoms with Crippen LogP contribution in [0.1, 0.15) is 36.8 Å². The molecule has 1 aromatic carbocycles. The van der Waals surface area contributed by atoms with E-state index in [1.165, 1.54) is 0 Å². The average molecular weight is 326 g/mol. The first kappa shape index (κ1) is 13.3. The lowest BCUT2D eigenvalue weighted by molar-refractivity contribution is 0.0467. The minimum Gasteiger partial charge on any atom is -0.381 e. The van der Waals surface area contributed by atoms with E-state index in [2.05, 4.69) is 15.9 Å². The second-order valence-corrected chi connectivity index (χ2v) is 6.54. The Morgan fingerprint density at radius 1 is 1.37 bits per heavy atom. The van der Waals surface area contributed by atoms with E-state index < -0.39 is 0 Å². The number of hydrogen-bond donors (Lipinski definition) is 1. The van der Waals surface area contributed by atoms with Crippen LogP contribution in [0.5, 0.6) is 0 Å². The van der Waals surface area contributed by atoms with Crippen molar-refractivity contribution < 1.29 is 9.13 Å². The molecule has 102 valence electrons. The number of fused-ring (bicyclic) bond motifs is 1. The topological polar surface area (TPSA) is 33.1 Å². The quantitative estimate of drug-likeness (QED) is 0.828. The molecule has 0 heterocycles. The van der Waals surface area contributed by atoms with Crippen molar-refractivity contribution in [3.8, 4) is 0 Å². The van der Waals surface area contributed by atoms with Gasteiger partial charge in [-0.1, -0.05) is 0 Å². The molecular formula is C15H17BrFNO. The molecule has 2 aliphatic carbocycles. The first-order valence-corrected chi connectivity index (χ1v) is 7.45. The van der Waals surface area contributed by atoms with Gasteiger partial charge in [0.1, 0.15) is 5.82 Å². The van der Waals surface area contributed by atoms with Gasteiger partial charge in [-0.3, -0.25) is 0 Å². The van der Waals surface area contributed by atoms with Crippen LogP contribution in [-0.4, -0.2) is 18.9 Å². The molecule has 0 aromatic heterocycles. The molecule has 2 nitrogen and oxygen atoms in total. The fourth-order valence-electron chi connectivity index (χ4n) is 3.51. The minimum atomic E-state index is -0.228. The molecule has 1 aromatic rings. The van der Waals surface area contributed by atoms with Crippen molar-refractivity contribution in [1.29, 1.82) is 5.41 Å². The summed E-state index contributed by atoms with van der Waals surface area (Å²) in [7, 11) is 1.75. The van der Waals surface area contributed by atoms with Crippen molar-refractivity contribution in [2.45, 2.75) is 38.2 Å². The maximum absolute atomic E-state index is 13.6. The zero-order valence-corrected chi connectivity index (χ0v) is 12.5. The molecule has 0 aliphatic heterocycles. The first-order chi connectivity index (χ1) is 9.05. The number of nitrogens with one attached hydrogen (secondary N) is 1. The molecule has 0 bridgehead atoms. The van der Waals surface area contributed by atoms with Crippen molar-refractivity contribution in [3.05, 3.63) is 33.5 Å². The molecule has 1 spiro atoms. The van der Waals surface area contributed by atoms with Gasteiger partial charge in [0.2, 0.25) is 0 Å². The summed E-state index contributed by atoms with van der Waals surface area (Å²) < 4.78 is 19.5. The Kier molecular flexibility index (Phi) is 3.26. The predicted molar refractivity (Wildman–Crippen MR) is 76.3 cm³/mol. The van der Waals surface area contributed by atoms with E-state index in [4.69, 9.17) is 10.1 Å². The van der Waals surface area contributed by atoms with Crippen LogP contribution in [0.15, 0.2) is 16.6 Å². The number of ether oxygens (including phenoxy) is 1. The van der Waals surface area contributed by atoms with E-state index in [0.717, 1.165) is 43.2 Å². The van der Waals surface area contributed by atoms with E-state index in [-0.39, 0.29) is 11.2 Å². The van der Waals surface area contributed by atoms with Crippen LogP contribution >= 0.6 is 15.9 Å². The average Bonchev–Trinajstić information content (AvgIpc) is 2.65. The Labute approximate surface area is 121 Å². The summed E-state index contributed by atoms with van der Waals surface area (Å²) in [5, 5.41) is 8.48. The molecule has 3 rings (SSSR count). The molecule has 4 heteroatoms. The SMILES string of the molecule is COC1CCC2(CC1)Cc1cc(F)c(Br)cc1C2=N. The summed E-state index contributed by atoms with van der Waals surface area (Å²) in [5.74, 6) is -0.228. The van der Waals surface area contributed by atoms with Crippen LogP contribution in [0.2, 0.25) is 0 Å². The van der Waals surface area contributed by atoms with Crippen molar-refractivity contribution in [2.75, 3.05) is 7.11 Å². The van der Waals surface area contributed by atoms with Gasteiger partial charge in [0.05, 0.1) is 10.6 Å². The van der Waals surface area contributed by atoms with Crippen molar-refractivity contribution in [1.82, 2.24) is 0 Å². The molecule has 1 fully saturated rings. The van der Waals surface area contributed by atoms with Gasteiger partial charge in [-0.15, -0.1) is 0 Å². The van der Waals surface area contributed by atoms with E-state index in [9.17, 15) is 4.39 Å². The Bertz CT molecular complexity index is 535. The van der Waals surface area contributed by atoms with E-state index in [1.807, 2.05) is 0 Å². The fourth-order valence-corrected chi connectivity index (χ4v) is 3.86. The molecule has 19 heavy (non-hydrogen) atoms. The lowest BCUT2D eigenvalue weighted by atomic mass is 9.70. The monoisotopic (exact) mass is 325 g/mol. The standard InChI is InChI=1S/C15H17BrFNO/c1-19-10-2-4-15(5-3-10)8-9-6-13(17)12(16)7-11(9)14(15)18/h6-7,10,18H,2-5,8H2,1H3. The molecule has 0 saturated heterocycles. The number of halogens is 2. The van der Waals surface area contributed by atoms with Crippen LogP contribution in [-0.2, 0) is 11.2 Å². The Hall–Kier alpha value is -0.740. The van der Waals surface area contributed by atoms with Gasteiger partial charge in [0.15, 0.2) is 0 Å². The highest BCUT2D eigenvalue weighted by molar-refractivity contribution is 9.10. The number of methoxy groups -OCH3 is 1. The van der Waals surface area contributed by atoms with E-state index in [1.54, 1.807) is 19.2 Å². The van der Waals surface area contributed by atoms with Gasteiger partial charge < -0.3 is 10.1 Å². The third-order valence-corrected chi connectivity index (χ3v) is 5.31. The number of hydrogen-bond acceptors (Lipinski definition) is 2. The predicted octanol–water partition coefficient (Wildman–Crippen LogP) is 4.09. The molecule has 0 amide bonds. The summed E-state index contributed by atoms with van der Waals surface area (Å²) >= 11 is 3.22. The Morgan fingerprint density at radius 2 is 2.05 bits per heavy atom. The third kappa shape index (κ3) is 2.05. The second-order valence-electron chi connectivity index (χ2n) is 5.69. The van der Waals surface area contributed by atoms with Crippen LogP contribution in [0, 0.1) is 16.6 Å². The number of rotatable bonds is 1. The van der Waals surface area contributed by atoms with E-state index >= 15 is 0 Å². The van der Waals surface area contributed by atoms with Gasteiger partial charge in [0.25, 0.3) is 0 Å². The zero-order chi connectivity index (χ0) is 13.6. The van der Waals surface area contributed by atoms with Crippen LogP contribution in [0.25, 0.3) is 0 Å². The largest absolute Gasteiger partial charge is 0.381 e. The molecule has 0 atom stereocenters. The smallest absolute Gasteiger partial charge is 0.137 e. The maximum Gasteiger partial charge on any atom is 0.137 e. The van der Waals surface area contributed by atoms with Crippen LogP contribution in [0.4, 0.5) is 4.39 Å². The highest BCUT2D eigenvalue weighted by atomic mass is 79.9. The third-order valence-electron chi connectivity index (χ3n) is 4.70. The molecule has 1 N–H and O–H groups in total. The molecule has 2 aliphatic rings. The Balaban J connectivity index is 1.91. The fraction of sp³-hybridized carbons (Fsp3) is 0.533. The lowest BCUT2D eigenvalue weighted by Crippen LogP contribution is -2.35. The summed E-state index contributed by atoms with van der Waals surface area (Å²) in [5.41, 5.74) is 2.52. The summed E-state index contributed by atoms with van der Waals surface area (Å²) in [6, 6.07) is 3.36. The highest BCUT2D eigenvalue weighted by Gasteiger charge is 2.45. The summed E-state index contributed by atoms with van der Waals surface area (Å²) in [6.45, 7) is 0. The lowest BCUT2D eigenvalue weighted by Gasteiger charge is -2.36. The van der Waals surface area contributed by atoms with Gasteiger partial charge in [0, 0.05) is 23.8 Å². The van der Waals surface area contributed by atoms with Gasteiger partial charge in [-0.2, -0.15) is 0 Å². The second kappa shape index (κ2) is 4.67. The summed E-state index contributed by atoms with van der Waals surface area (Å²) in [6.07, 6.45) is 5.07. The summed E-state index contributed by atoms with van der Waals surface area (Å²) in [4.78, 5) is 0. The van der Waals surface area contributed by atoms with Gasteiger partial charge in [-0.25, -0.2) is 4.39 Å². The number of benzene rings is 1. The van der Waals surface area contributed by atoms with Crippen molar-refractivity contribution in [2.24, 2.45) is 5.41 Å². The maximum atomic E-state index is 13.6. The molecule has 0 radical (unpaired) electrons. The van der Waals surface area contributed by atoms with Crippen molar-refractivity contribution in [3.63, 3.8) is 0 Å². The molecule has 0 unspecified atom stereocenters. The zero-order valence-electron chi connectivity index (χ0n) is 10.9. The Morgan fingerprint density at radius 3 is 2.68 bits per heavy atom. The van der Waals surface area contributed by atoms with Crippen LogP contribution in [0.3, 0.4) is 0 Å². The van der Waals surface area contributed by atoms with Crippen LogP contribution < -0.4 is 0 Å². The van der Waals surface area contributed by atoms with Gasteiger partial charge in [-0.05, 0) is 65.7 Å². The first-order valence-electron chi connectivity index (χ1n) is 6.66. The minimum absolute atomic E-state index is 0.0788.